The van der Waals surface area contributed by atoms with Gasteiger partial charge in [-0.05, 0) is 36.4 Å². The number of nitrogens with zero attached hydrogens (tertiary/aromatic N) is 2. The van der Waals surface area contributed by atoms with Gasteiger partial charge in [0, 0.05) is 45.4 Å². The van der Waals surface area contributed by atoms with Gasteiger partial charge in [-0.15, -0.1) is 0 Å². The fraction of sp³-hybridized carbons (Fsp3) is 0. The Bertz CT molecular complexity index is 2310. The van der Waals surface area contributed by atoms with E-state index >= 15 is 0 Å². The second-order valence-electron chi connectivity index (χ2n) is 9.45. The van der Waals surface area contributed by atoms with Crippen molar-refractivity contribution in [3.8, 4) is 0 Å². The van der Waals surface area contributed by atoms with Crippen molar-refractivity contribution in [1.29, 1.82) is 0 Å². The molecule has 0 N–H and O–H groups in total. The predicted molar refractivity (Wildman–Crippen MR) is 156 cm³/mol. The van der Waals surface area contributed by atoms with Crippen LogP contribution in [0.2, 0.25) is 0 Å². The lowest BCUT2D eigenvalue weighted by molar-refractivity contribution is 0.0979. The van der Waals surface area contributed by atoms with Crippen molar-refractivity contribution in [2.75, 3.05) is 4.31 Å². The average Bonchev–Trinajstić information content (AvgIpc) is 3.40. The maximum atomic E-state index is 14.5. The summed E-state index contributed by atoms with van der Waals surface area (Å²) in [6.07, 6.45) is 2.69. The fourth-order valence-electron chi connectivity index (χ4n) is 5.15. The largest absolute Gasteiger partial charge is 0.413 e. The van der Waals surface area contributed by atoms with Crippen LogP contribution in [0.25, 0.3) is 21.1 Å². The molecule has 0 atom stereocenters. The number of benzene rings is 4. The molecule has 1 aliphatic carbocycles. The Balaban J connectivity index is 1.48. The Morgan fingerprint density at radius 3 is 2.14 bits per heavy atom. The number of pyridine rings is 1. The molecule has 7 rings (SSSR count). The molecule has 0 saturated heterocycles. The quantitative estimate of drug-likeness (QED) is 0.272. The van der Waals surface area contributed by atoms with Gasteiger partial charge in [0.1, 0.15) is 0 Å². The van der Waals surface area contributed by atoms with Gasteiger partial charge < -0.3 is 4.42 Å². The first-order valence-corrected chi connectivity index (χ1v) is 14.8. The molecule has 42 heavy (non-hydrogen) atoms. The molecule has 0 aliphatic heterocycles. The maximum Gasteiger partial charge on any atom is 0.396 e. The number of hydrogen-bond acceptors (Lipinski definition) is 9. The van der Waals surface area contributed by atoms with E-state index in [1.807, 2.05) is 0 Å². The highest BCUT2D eigenvalue weighted by atomic mass is 32.2. The van der Waals surface area contributed by atoms with Gasteiger partial charge in [0.15, 0.2) is 17.1 Å². The van der Waals surface area contributed by atoms with Crippen LogP contribution < -0.4 is 9.24 Å². The molecule has 2 aromatic heterocycles. The van der Waals surface area contributed by atoms with Crippen LogP contribution in [-0.4, -0.2) is 30.9 Å². The normalized spacial score (nSPS) is 12.8. The second-order valence-corrected chi connectivity index (χ2v) is 12.2. The Hall–Kier alpha value is -5.26. The molecule has 204 valence electrons. The van der Waals surface area contributed by atoms with Crippen LogP contribution in [0, 0.1) is 0 Å². The van der Waals surface area contributed by atoms with Crippen LogP contribution >= 0.6 is 11.3 Å². The van der Waals surface area contributed by atoms with Gasteiger partial charge in [-0.1, -0.05) is 59.9 Å². The minimum atomic E-state index is -4.72. The monoisotopic (exact) mass is 592 g/mol. The van der Waals surface area contributed by atoms with Gasteiger partial charge >= 0.3 is 4.94 Å². The summed E-state index contributed by atoms with van der Waals surface area (Å²) in [4.78, 5) is 55.7. The third-order valence-electron chi connectivity index (χ3n) is 7.06. The lowest BCUT2D eigenvalue weighted by Crippen LogP contribution is -2.37. The molecular formula is C31H16N2O7S2. The van der Waals surface area contributed by atoms with E-state index in [1.54, 1.807) is 42.5 Å². The van der Waals surface area contributed by atoms with Crippen molar-refractivity contribution < 1.29 is 27.2 Å². The standard InChI is InChI=1S/C31H16N2O7S2/c34-27-20-8-2-3-9-21(20)28(35)24-14-18(11-12-22(24)27)42(38,39)33(30(36)17-6-5-13-32-16-17)25-15-26-29(40-31(37)41-26)23-10-4-1-7-19(23)25/h1-16H. The molecular weight excluding hydrogens is 576 g/mol. The Kier molecular flexibility index (Phi) is 5.75. The van der Waals surface area contributed by atoms with Gasteiger partial charge in [0.25, 0.3) is 15.9 Å². The Morgan fingerprint density at radius 2 is 1.43 bits per heavy atom. The van der Waals surface area contributed by atoms with E-state index in [0.717, 1.165) is 17.4 Å². The first-order valence-electron chi connectivity index (χ1n) is 12.5. The number of carbonyl (C=O) groups is 3. The molecule has 0 bridgehead atoms. The van der Waals surface area contributed by atoms with E-state index in [0.29, 0.717) is 19.8 Å². The Labute approximate surface area is 241 Å². The molecule has 1 aliphatic rings. The molecule has 0 unspecified atom stereocenters. The lowest BCUT2D eigenvalue weighted by atomic mass is 9.84. The number of fused-ring (bicyclic) bond motifs is 5. The molecule has 0 fully saturated rings. The molecule has 0 saturated carbocycles. The van der Waals surface area contributed by atoms with E-state index < -0.39 is 32.4 Å². The van der Waals surface area contributed by atoms with Crippen molar-refractivity contribution in [2.45, 2.75) is 4.90 Å². The van der Waals surface area contributed by atoms with Gasteiger partial charge in [-0.25, -0.2) is 13.2 Å². The fourth-order valence-corrected chi connectivity index (χ4v) is 7.32. The van der Waals surface area contributed by atoms with Crippen molar-refractivity contribution in [1.82, 2.24) is 4.98 Å². The first kappa shape index (κ1) is 25.7. The zero-order valence-corrected chi connectivity index (χ0v) is 22.9. The molecule has 0 spiro atoms. The van der Waals surface area contributed by atoms with Crippen LogP contribution in [0.1, 0.15) is 42.2 Å². The van der Waals surface area contributed by atoms with Crippen LogP contribution in [0.3, 0.4) is 0 Å². The van der Waals surface area contributed by atoms with Gasteiger partial charge in [-0.3, -0.25) is 19.4 Å². The number of carbonyl (C=O) groups excluding carboxylic acids is 3. The zero-order valence-electron chi connectivity index (χ0n) is 21.3. The van der Waals surface area contributed by atoms with Crippen LogP contribution in [0.5, 0.6) is 0 Å². The van der Waals surface area contributed by atoms with Gasteiger partial charge in [0.2, 0.25) is 0 Å². The van der Waals surface area contributed by atoms with Crippen LogP contribution in [-0.2, 0) is 10.0 Å². The van der Waals surface area contributed by atoms with E-state index in [2.05, 4.69) is 4.98 Å². The summed E-state index contributed by atoms with van der Waals surface area (Å²) < 4.78 is 35.3. The number of ketones is 2. The summed E-state index contributed by atoms with van der Waals surface area (Å²) in [5.74, 6) is -1.81. The number of aromatic nitrogens is 1. The number of sulfonamides is 1. The van der Waals surface area contributed by atoms with Crippen LogP contribution in [0.4, 0.5) is 5.69 Å². The second kappa shape index (κ2) is 9.40. The van der Waals surface area contributed by atoms with Crippen molar-refractivity contribution >= 4 is 65.6 Å². The number of amides is 1. The summed E-state index contributed by atoms with van der Waals surface area (Å²) in [7, 11) is -4.72. The average molecular weight is 593 g/mol. The minimum absolute atomic E-state index is 0.0104. The SMILES string of the molecule is O=C1c2ccccc2C(=O)c2cc(S(=O)(=O)N(C(=O)c3cccnc3)c3cc4sc(=O)oc4c4ccccc34)ccc21. The minimum Gasteiger partial charge on any atom is -0.413 e. The highest BCUT2D eigenvalue weighted by Crippen LogP contribution is 2.39. The highest BCUT2D eigenvalue weighted by Gasteiger charge is 2.36. The van der Waals surface area contributed by atoms with E-state index in [1.165, 1.54) is 48.8 Å². The third-order valence-corrected chi connectivity index (χ3v) is 9.53. The predicted octanol–water partition coefficient (Wildman–Crippen LogP) is 5.21. The maximum absolute atomic E-state index is 14.5. The molecule has 4 aromatic carbocycles. The third kappa shape index (κ3) is 3.82. The summed E-state index contributed by atoms with van der Waals surface area (Å²) in [5.41, 5.74) is 0.627. The van der Waals surface area contributed by atoms with E-state index in [4.69, 9.17) is 4.42 Å². The summed E-state index contributed by atoms with van der Waals surface area (Å²) in [6.45, 7) is 0. The molecule has 9 nitrogen and oxygen atoms in total. The summed E-state index contributed by atoms with van der Waals surface area (Å²) >= 11 is 0.776. The topological polar surface area (TPSA) is 132 Å². The van der Waals surface area contributed by atoms with E-state index in [-0.39, 0.29) is 44.0 Å². The van der Waals surface area contributed by atoms with Crippen LogP contribution in [0.15, 0.2) is 111 Å². The smallest absolute Gasteiger partial charge is 0.396 e. The number of rotatable bonds is 4. The summed E-state index contributed by atoms with van der Waals surface area (Å²) in [5, 5.41) is 0.774. The number of hydrogen-bond donors (Lipinski definition) is 0. The number of anilines is 1. The molecule has 1 amide bonds. The van der Waals surface area contributed by atoms with Crippen molar-refractivity contribution in [2.24, 2.45) is 0 Å². The van der Waals surface area contributed by atoms with Gasteiger partial charge in [0.05, 0.1) is 20.8 Å². The zero-order chi connectivity index (χ0) is 29.2. The lowest BCUT2D eigenvalue weighted by Gasteiger charge is -2.25. The van der Waals surface area contributed by atoms with Crippen molar-refractivity contribution in [3.05, 3.63) is 135 Å². The first-order chi connectivity index (χ1) is 20.3. The molecule has 0 radical (unpaired) electrons. The highest BCUT2D eigenvalue weighted by molar-refractivity contribution is 7.93. The van der Waals surface area contributed by atoms with Crippen molar-refractivity contribution in [3.63, 3.8) is 0 Å². The Morgan fingerprint density at radius 1 is 0.762 bits per heavy atom. The molecule has 11 heteroatoms. The molecule has 6 aromatic rings. The molecule has 2 heterocycles. The summed E-state index contributed by atoms with van der Waals surface area (Å²) in [6, 6.07) is 20.9. The van der Waals surface area contributed by atoms with Gasteiger partial charge in [-0.2, -0.15) is 4.31 Å². The van der Waals surface area contributed by atoms with E-state index in [9.17, 15) is 27.6 Å².